The molecule has 2 aromatic heterocycles. The first-order chi connectivity index (χ1) is 12.9. The number of fused-ring (bicyclic) bond motifs is 1. The summed E-state index contributed by atoms with van der Waals surface area (Å²) in [6.07, 6.45) is 0.645. The van der Waals surface area contributed by atoms with E-state index in [2.05, 4.69) is 10.2 Å². The van der Waals surface area contributed by atoms with Crippen molar-refractivity contribution >= 4 is 16.9 Å². The van der Waals surface area contributed by atoms with Gasteiger partial charge in [0.1, 0.15) is 11.3 Å². The summed E-state index contributed by atoms with van der Waals surface area (Å²) in [7, 11) is 1.64. The smallest absolute Gasteiger partial charge is 0.336 e. The number of nitrogens with zero attached hydrogens (tertiary/aromatic N) is 3. The van der Waals surface area contributed by atoms with Crippen LogP contribution in [0.25, 0.3) is 11.0 Å². The molecule has 0 atom stereocenters. The maximum Gasteiger partial charge on any atom is 0.336 e. The molecule has 0 aliphatic carbocycles. The highest BCUT2D eigenvalue weighted by Gasteiger charge is 2.16. The molecular formula is C19H21N3O5. The summed E-state index contributed by atoms with van der Waals surface area (Å²) in [5.74, 6) is 1.08. The number of hydrogen-bond donors (Lipinski definition) is 0. The first kappa shape index (κ1) is 18.6. The van der Waals surface area contributed by atoms with Crippen LogP contribution < -0.4 is 10.4 Å². The number of likely N-dealkylation sites (N-methyl/N-ethyl adjacent to an activating group) is 1. The number of ether oxygens (including phenoxy) is 1. The van der Waals surface area contributed by atoms with Crippen LogP contribution in [0, 0.1) is 13.8 Å². The molecule has 0 saturated heterocycles. The summed E-state index contributed by atoms with van der Waals surface area (Å²) in [6, 6.07) is 5.07. The van der Waals surface area contributed by atoms with Crippen LogP contribution in [-0.2, 0) is 17.8 Å². The standard InChI is InChI=1S/C19H21N3O5/c1-5-13-8-18(24)27-15-7-11(2)6-14(19(13)15)25-10-17(23)22(4)9-16-21-20-12(3)26-16/h6-8H,5,9-10H2,1-4H3. The number of rotatable bonds is 6. The Bertz CT molecular complexity index is 1040. The average molecular weight is 371 g/mol. The minimum absolute atomic E-state index is 0.162. The predicted molar refractivity (Wildman–Crippen MR) is 97.6 cm³/mol. The van der Waals surface area contributed by atoms with Crippen molar-refractivity contribution in [2.24, 2.45) is 0 Å². The number of benzene rings is 1. The molecule has 0 N–H and O–H groups in total. The van der Waals surface area contributed by atoms with Crippen molar-refractivity contribution < 1.29 is 18.4 Å². The second kappa shape index (κ2) is 7.61. The van der Waals surface area contributed by atoms with E-state index in [1.54, 1.807) is 20.0 Å². The lowest BCUT2D eigenvalue weighted by Gasteiger charge is -2.17. The minimum atomic E-state index is -0.401. The Morgan fingerprint density at radius 2 is 1.96 bits per heavy atom. The molecule has 0 unspecified atom stereocenters. The lowest BCUT2D eigenvalue weighted by atomic mass is 10.1. The fraction of sp³-hybridized carbons (Fsp3) is 0.368. The third kappa shape index (κ3) is 4.16. The van der Waals surface area contributed by atoms with Gasteiger partial charge in [-0.05, 0) is 36.6 Å². The molecule has 1 aromatic carbocycles. The Morgan fingerprint density at radius 1 is 1.19 bits per heavy atom. The van der Waals surface area contributed by atoms with Gasteiger partial charge in [-0.1, -0.05) is 6.92 Å². The molecule has 0 bridgehead atoms. The SMILES string of the molecule is CCc1cc(=O)oc2cc(C)cc(OCC(=O)N(C)Cc3nnc(C)o3)c12. The van der Waals surface area contributed by atoms with E-state index in [9.17, 15) is 9.59 Å². The van der Waals surface area contributed by atoms with Crippen molar-refractivity contribution in [2.75, 3.05) is 13.7 Å². The Hall–Kier alpha value is -3.16. The molecule has 27 heavy (non-hydrogen) atoms. The van der Waals surface area contributed by atoms with Gasteiger partial charge in [0, 0.05) is 20.0 Å². The molecule has 3 aromatic rings. The van der Waals surface area contributed by atoms with Gasteiger partial charge in [0.2, 0.25) is 11.8 Å². The van der Waals surface area contributed by atoms with Gasteiger partial charge in [0.05, 0.1) is 11.9 Å². The molecule has 8 nitrogen and oxygen atoms in total. The molecule has 0 aliphatic rings. The Kier molecular flexibility index (Phi) is 5.25. The van der Waals surface area contributed by atoms with Crippen molar-refractivity contribution in [3.05, 3.63) is 51.5 Å². The first-order valence-electron chi connectivity index (χ1n) is 8.60. The van der Waals surface area contributed by atoms with E-state index in [1.165, 1.54) is 11.0 Å². The van der Waals surface area contributed by atoms with Crippen molar-refractivity contribution in [1.82, 2.24) is 15.1 Å². The fourth-order valence-corrected chi connectivity index (χ4v) is 2.81. The first-order valence-corrected chi connectivity index (χ1v) is 8.60. The molecule has 3 rings (SSSR count). The summed E-state index contributed by atoms with van der Waals surface area (Å²) in [5.41, 5.74) is 1.74. The number of aryl methyl sites for hydroxylation is 3. The third-order valence-corrected chi connectivity index (χ3v) is 4.13. The van der Waals surface area contributed by atoms with Gasteiger partial charge in [0.25, 0.3) is 5.91 Å². The lowest BCUT2D eigenvalue weighted by molar-refractivity contribution is -0.132. The van der Waals surface area contributed by atoms with Crippen LogP contribution in [0.15, 0.2) is 31.8 Å². The monoisotopic (exact) mass is 371 g/mol. The van der Waals surface area contributed by atoms with E-state index in [1.807, 2.05) is 19.9 Å². The van der Waals surface area contributed by atoms with Gasteiger partial charge in [0.15, 0.2) is 6.61 Å². The third-order valence-electron chi connectivity index (χ3n) is 4.13. The fourth-order valence-electron chi connectivity index (χ4n) is 2.81. The molecule has 2 heterocycles. The van der Waals surface area contributed by atoms with Gasteiger partial charge in [-0.3, -0.25) is 4.79 Å². The molecule has 8 heteroatoms. The highest BCUT2D eigenvalue weighted by atomic mass is 16.5. The predicted octanol–water partition coefficient (Wildman–Crippen LogP) is 2.39. The quantitative estimate of drug-likeness (QED) is 0.614. The average Bonchev–Trinajstić information content (AvgIpc) is 3.02. The zero-order chi connectivity index (χ0) is 19.6. The van der Waals surface area contributed by atoms with E-state index in [0.29, 0.717) is 34.9 Å². The molecule has 0 fully saturated rings. The second-order valence-corrected chi connectivity index (χ2v) is 6.33. The summed E-state index contributed by atoms with van der Waals surface area (Å²) in [4.78, 5) is 25.6. The van der Waals surface area contributed by atoms with Crippen LogP contribution in [0.2, 0.25) is 0 Å². The highest BCUT2D eigenvalue weighted by Crippen LogP contribution is 2.30. The largest absolute Gasteiger partial charge is 0.483 e. The summed E-state index contributed by atoms with van der Waals surface area (Å²) >= 11 is 0. The Labute approximate surface area is 155 Å². The minimum Gasteiger partial charge on any atom is -0.483 e. The van der Waals surface area contributed by atoms with Gasteiger partial charge in [-0.2, -0.15) is 0 Å². The van der Waals surface area contributed by atoms with E-state index in [-0.39, 0.29) is 19.1 Å². The van der Waals surface area contributed by atoms with Gasteiger partial charge in [-0.15, -0.1) is 10.2 Å². The molecule has 0 aliphatic heterocycles. The molecule has 142 valence electrons. The number of amides is 1. The lowest BCUT2D eigenvalue weighted by Crippen LogP contribution is -2.31. The van der Waals surface area contributed by atoms with Crippen molar-refractivity contribution in [1.29, 1.82) is 0 Å². The van der Waals surface area contributed by atoms with Crippen molar-refractivity contribution in [3.8, 4) is 5.75 Å². The maximum absolute atomic E-state index is 12.4. The van der Waals surface area contributed by atoms with Gasteiger partial charge < -0.3 is 18.5 Å². The van der Waals surface area contributed by atoms with E-state index in [4.69, 9.17) is 13.6 Å². The Morgan fingerprint density at radius 3 is 2.63 bits per heavy atom. The summed E-state index contributed by atoms with van der Waals surface area (Å²) < 4.78 is 16.4. The number of carbonyl (C=O) groups is 1. The topological polar surface area (TPSA) is 98.7 Å². The van der Waals surface area contributed by atoms with Crippen LogP contribution in [0.3, 0.4) is 0 Å². The van der Waals surface area contributed by atoms with Gasteiger partial charge in [-0.25, -0.2) is 4.79 Å². The summed E-state index contributed by atoms with van der Waals surface area (Å²) in [5, 5.41) is 8.33. The van der Waals surface area contributed by atoms with Crippen LogP contribution in [-0.4, -0.2) is 34.7 Å². The zero-order valence-corrected chi connectivity index (χ0v) is 15.7. The molecular weight excluding hydrogens is 350 g/mol. The molecule has 0 radical (unpaired) electrons. The maximum atomic E-state index is 12.4. The van der Waals surface area contributed by atoms with Crippen molar-refractivity contribution in [3.63, 3.8) is 0 Å². The number of hydrogen-bond acceptors (Lipinski definition) is 7. The second-order valence-electron chi connectivity index (χ2n) is 6.33. The van der Waals surface area contributed by atoms with Crippen molar-refractivity contribution in [2.45, 2.75) is 33.7 Å². The molecule has 0 spiro atoms. The van der Waals surface area contributed by atoms with Crippen LogP contribution in [0.4, 0.5) is 0 Å². The normalized spacial score (nSPS) is 11.0. The molecule has 1 amide bonds. The number of carbonyl (C=O) groups excluding carboxylic acids is 1. The van der Waals surface area contributed by atoms with E-state index >= 15 is 0 Å². The van der Waals surface area contributed by atoms with E-state index < -0.39 is 5.63 Å². The Balaban J connectivity index is 1.80. The van der Waals surface area contributed by atoms with Crippen LogP contribution >= 0.6 is 0 Å². The zero-order valence-electron chi connectivity index (χ0n) is 15.7. The van der Waals surface area contributed by atoms with Crippen LogP contribution in [0.5, 0.6) is 5.75 Å². The molecule has 0 saturated carbocycles. The van der Waals surface area contributed by atoms with Crippen LogP contribution in [0.1, 0.15) is 29.8 Å². The number of aromatic nitrogens is 2. The highest BCUT2D eigenvalue weighted by molar-refractivity contribution is 5.88. The summed E-state index contributed by atoms with van der Waals surface area (Å²) in [6.45, 7) is 5.55. The van der Waals surface area contributed by atoms with E-state index in [0.717, 1.165) is 11.1 Å². The van der Waals surface area contributed by atoms with Gasteiger partial charge >= 0.3 is 5.63 Å².